The highest BCUT2D eigenvalue weighted by Crippen LogP contribution is 2.16. The smallest absolute Gasteiger partial charge is 0.409 e. The van der Waals surface area contributed by atoms with E-state index in [4.69, 9.17) is 0 Å². The zero-order valence-electron chi connectivity index (χ0n) is 11.8. The number of benzene rings is 1. The Kier molecular flexibility index (Phi) is 4.61. The van der Waals surface area contributed by atoms with Gasteiger partial charge in [-0.15, -0.1) is 0 Å². The average molecular weight is 276 g/mol. The molecule has 1 aliphatic heterocycles. The molecule has 0 spiro atoms. The summed E-state index contributed by atoms with van der Waals surface area (Å²) in [5.74, 6) is -0.198. The number of carbonyl (C=O) groups is 2. The summed E-state index contributed by atoms with van der Waals surface area (Å²) in [4.78, 5) is 25.2. The molecule has 2 amide bonds. The lowest BCUT2D eigenvalue weighted by Crippen LogP contribution is -2.40. The predicted octanol–water partition coefficient (Wildman–Crippen LogP) is 1.75. The third kappa shape index (κ3) is 3.29. The Morgan fingerprint density at radius 3 is 2.70 bits per heavy atom. The fourth-order valence-corrected chi connectivity index (χ4v) is 2.39. The number of likely N-dealkylation sites (tertiary alicyclic amines) is 1. The monoisotopic (exact) mass is 276 g/mol. The molecule has 0 radical (unpaired) electrons. The number of rotatable bonds is 3. The Morgan fingerprint density at radius 2 is 2.05 bits per heavy atom. The van der Waals surface area contributed by atoms with Crippen molar-refractivity contribution >= 4 is 12.0 Å². The second-order valence-electron chi connectivity index (χ2n) is 5.04. The first-order chi connectivity index (χ1) is 9.61. The van der Waals surface area contributed by atoms with E-state index in [0.29, 0.717) is 13.1 Å². The molecule has 20 heavy (non-hydrogen) atoms. The van der Waals surface area contributed by atoms with Crippen LogP contribution in [-0.4, -0.2) is 43.1 Å². The first-order valence-corrected chi connectivity index (χ1v) is 6.80. The molecule has 1 aliphatic rings. The van der Waals surface area contributed by atoms with Gasteiger partial charge in [0.05, 0.1) is 13.0 Å². The van der Waals surface area contributed by atoms with Crippen LogP contribution in [0.25, 0.3) is 0 Å². The van der Waals surface area contributed by atoms with Crippen molar-refractivity contribution in [1.29, 1.82) is 0 Å². The van der Waals surface area contributed by atoms with Gasteiger partial charge < -0.3 is 15.0 Å². The molecule has 1 heterocycles. The summed E-state index contributed by atoms with van der Waals surface area (Å²) in [7, 11) is 1.37. The minimum atomic E-state index is -0.335. The van der Waals surface area contributed by atoms with Crippen LogP contribution in [0.4, 0.5) is 4.79 Å². The van der Waals surface area contributed by atoms with Crippen molar-refractivity contribution in [2.24, 2.45) is 0 Å². The average Bonchev–Trinajstić information content (AvgIpc) is 2.95. The highest BCUT2D eigenvalue weighted by atomic mass is 16.5. The number of hydrogen-bond acceptors (Lipinski definition) is 3. The molecule has 1 aromatic carbocycles. The van der Waals surface area contributed by atoms with Crippen molar-refractivity contribution in [1.82, 2.24) is 10.2 Å². The van der Waals surface area contributed by atoms with Gasteiger partial charge in [-0.1, -0.05) is 30.3 Å². The molecular formula is C15H20N2O3. The van der Waals surface area contributed by atoms with Gasteiger partial charge in [0.15, 0.2) is 0 Å². The van der Waals surface area contributed by atoms with Crippen LogP contribution in [0.3, 0.4) is 0 Å². The number of nitrogens with one attached hydrogen (secondary N) is 1. The van der Waals surface area contributed by atoms with Gasteiger partial charge in [-0.05, 0) is 18.9 Å². The highest BCUT2D eigenvalue weighted by molar-refractivity contribution is 5.83. The molecule has 0 aliphatic carbocycles. The van der Waals surface area contributed by atoms with E-state index < -0.39 is 0 Å². The van der Waals surface area contributed by atoms with Crippen LogP contribution in [-0.2, 0) is 9.53 Å². The van der Waals surface area contributed by atoms with Gasteiger partial charge >= 0.3 is 6.09 Å². The molecule has 108 valence electrons. The number of amides is 2. The summed E-state index contributed by atoms with van der Waals surface area (Å²) in [6.07, 6.45) is 0.431. The fourth-order valence-electron chi connectivity index (χ4n) is 2.39. The van der Waals surface area contributed by atoms with Crippen molar-refractivity contribution in [3.8, 4) is 0 Å². The molecule has 0 saturated carbocycles. The third-order valence-corrected chi connectivity index (χ3v) is 3.66. The molecule has 1 saturated heterocycles. The maximum atomic E-state index is 12.2. The second-order valence-corrected chi connectivity index (χ2v) is 5.04. The zero-order valence-corrected chi connectivity index (χ0v) is 11.8. The number of hydrogen-bond donors (Lipinski definition) is 1. The normalized spacial score (nSPS) is 19.5. The quantitative estimate of drug-likeness (QED) is 0.915. The molecule has 2 rings (SSSR count). The molecule has 0 aromatic heterocycles. The number of methoxy groups -OCH3 is 1. The second kappa shape index (κ2) is 6.41. The number of nitrogens with zero attached hydrogens (tertiary/aromatic N) is 1. The van der Waals surface area contributed by atoms with Gasteiger partial charge in [-0.3, -0.25) is 4.79 Å². The van der Waals surface area contributed by atoms with E-state index in [0.717, 1.165) is 12.0 Å². The van der Waals surface area contributed by atoms with Gasteiger partial charge in [-0.2, -0.15) is 0 Å². The van der Waals surface area contributed by atoms with Gasteiger partial charge in [0, 0.05) is 19.1 Å². The Balaban J connectivity index is 1.88. The summed E-state index contributed by atoms with van der Waals surface area (Å²) < 4.78 is 4.68. The molecule has 1 N–H and O–H groups in total. The lowest BCUT2D eigenvalue weighted by Gasteiger charge is -2.18. The van der Waals surface area contributed by atoms with Crippen LogP contribution in [0.5, 0.6) is 0 Å². The zero-order chi connectivity index (χ0) is 14.5. The first kappa shape index (κ1) is 14.4. The third-order valence-electron chi connectivity index (χ3n) is 3.66. The SMILES string of the molecule is COC(=O)N1CC[C@H](NC(=O)[C@@H](C)c2ccccc2)C1. The summed E-state index contributed by atoms with van der Waals surface area (Å²) in [6.45, 7) is 3.02. The Labute approximate surface area is 118 Å². The molecule has 1 aromatic rings. The van der Waals surface area contributed by atoms with E-state index >= 15 is 0 Å². The maximum absolute atomic E-state index is 12.2. The van der Waals surface area contributed by atoms with Crippen molar-refractivity contribution in [2.45, 2.75) is 25.3 Å². The van der Waals surface area contributed by atoms with Gasteiger partial charge in [-0.25, -0.2) is 4.79 Å². The van der Waals surface area contributed by atoms with Gasteiger partial charge in [0.2, 0.25) is 5.91 Å². The Bertz CT molecular complexity index is 475. The minimum Gasteiger partial charge on any atom is -0.453 e. The highest BCUT2D eigenvalue weighted by Gasteiger charge is 2.29. The summed E-state index contributed by atoms with van der Waals surface area (Å²) >= 11 is 0. The minimum absolute atomic E-state index is 0.00656. The van der Waals surface area contributed by atoms with Crippen molar-refractivity contribution in [2.75, 3.05) is 20.2 Å². The maximum Gasteiger partial charge on any atom is 0.409 e. The van der Waals surface area contributed by atoms with E-state index in [9.17, 15) is 9.59 Å². The van der Waals surface area contributed by atoms with Crippen molar-refractivity contribution in [3.63, 3.8) is 0 Å². The summed E-state index contributed by atoms with van der Waals surface area (Å²) in [6, 6.07) is 9.67. The standard InChI is InChI=1S/C15H20N2O3/c1-11(12-6-4-3-5-7-12)14(18)16-13-8-9-17(10-13)15(19)20-2/h3-7,11,13H,8-10H2,1-2H3,(H,16,18)/t11-,13-/m0/s1. The van der Waals surface area contributed by atoms with Gasteiger partial charge in [0.1, 0.15) is 0 Å². The van der Waals surface area contributed by atoms with E-state index in [-0.39, 0.29) is 24.0 Å². The van der Waals surface area contributed by atoms with Crippen LogP contribution in [0.1, 0.15) is 24.8 Å². The van der Waals surface area contributed by atoms with Crippen molar-refractivity contribution < 1.29 is 14.3 Å². The van der Waals surface area contributed by atoms with E-state index in [2.05, 4.69) is 10.1 Å². The fraction of sp³-hybridized carbons (Fsp3) is 0.467. The van der Waals surface area contributed by atoms with Crippen LogP contribution in [0.2, 0.25) is 0 Å². The van der Waals surface area contributed by atoms with E-state index in [1.54, 1.807) is 4.90 Å². The van der Waals surface area contributed by atoms with E-state index in [1.165, 1.54) is 7.11 Å². The lowest BCUT2D eigenvalue weighted by atomic mass is 10.00. The van der Waals surface area contributed by atoms with Crippen LogP contribution >= 0.6 is 0 Å². The molecule has 0 unspecified atom stereocenters. The van der Waals surface area contributed by atoms with Crippen LogP contribution in [0, 0.1) is 0 Å². The van der Waals surface area contributed by atoms with Crippen LogP contribution < -0.4 is 5.32 Å². The van der Waals surface area contributed by atoms with E-state index in [1.807, 2.05) is 37.3 Å². The molecule has 2 atom stereocenters. The van der Waals surface area contributed by atoms with Gasteiger partial charge in [0.25, 0.3) is 0 Å². The molecule has 5 nitrogen and oxygen atoms in total. The first-order valence-electron chi connectivity index (χ1n) is 6.80. The number of carbonyl (C=O) groups excluding carboxylic acids is 2. The lowest BCUT2D eigenvalue weighted by molar-refractivity contribution is -0.122. The molecule has 0 bridgehead atoms. The largest absolute Gasteiger partial charge is 0.453 e. The Morgan fingerprint density at radius 1 is 1.35 bits per heavy atom. The Hall–Kier alpha value is -2.04. The topological polar surface area (TPSA) is 58.6 Å². The van der Waals surface area contributed by atoms with Crippen LogP contribution in [0.15, 0.2) is 30.3 Å². The van der Waals surface area contributed by atoms with Crippen molar-refractivity contribution in [3.05, 3.63) is 35.9 Å². The number of ether oxygens (including phenoxy) is 1. The molecule has 5 heteroatoms. The molecule has 1 fully saturated rings. The molecular weight excluding hydrogens is 256 g/mol. The summed E-state index contributed by atoms with van der Waals surface area (Å²) in [5, 5.41) is 3.00. The predicted molar refractivity (Wildman–Crippen MR) is 75.4 cm³/mol. The summed E-state index contributed by atoms with van der Waals surface area (Å²) in [5.41, 5.74) is 0.993.